The molecule has 0 radical (unpaired) electrons. The predicted molar refractivity (Wildman–Crippen MR) is 114 cm³/mol. The van der Waals surface area contributed by atoms with Gasteiger partial charge < -0.3 is 20.1 Å². The minimum atomic E-state index is -1.10. The Morgan fingerprint density at radius 2 is 1.79 bits per heavy atom. The molecule has 9 heteroatoms. The standard InChI is InChI=1S/C20H28FN3O3.2ClH/c1-11-14(21)9-24(20(11)25)17-10-23-5-4-12-6-18(26-2)19(27-3)7-13(12)16(23)8-15(17)22;;/h6-7,11,14-17H,4-5,8-10,22H2,1-3H3;2*1H/t11-,14?,15+,16+,17+;;/m1../s1. The molecule has 2 fully saturated rings. The number of ether oxygens (including phenoxy) is 2. The lowest BCUT2D eigenvalue weighted by molar-refractivity contribution is -0.134. The highest BCUT2D eigenvalue weighted by atomic mass is 35.5. The normalized spacial score (nSPS) is 31.3. The van der Waals surface area contributed by atoms with Crippen molar-refractivity contribution in [2.75, 3.05) is 33.9 Å². The molecule has 164 valence electrons. The number of hydrogen-bond donors (Lipinski definition) is 1. The van der Waals surface area contributed by atoms with Gasteiger partial charge in [-0.25, -0.2) is 4.39 Å². The minimum Gasteiger partial charge on any atom is -0.493 e. The van der Waals surface area contributed by atoms with Crippen molar-refractivity contribution in [3.05, 3.63) is 23.3 Å². The summed E-state index contributed by atoms with van der Waals surface area (Å²) in [5, 5.41) is 0. The lowest BCUT2D eigenvalue weighted by Gasteiger charge is -2.48. The first-order valence-corrected chi connectivity index (χ1v) is 9.63. The van der Waals surface area contributed by atoms with Gasteiger partial charge in [0.1, 0.15) is 6.17 Å². The zero-order chi connectivity index (χ0) is 19.3. The monoisotopic (exact) mass is 449 g/mol. The second kappa shape index (κ2) is 9.25. The number of fused-ring (bicyclic) bond motifs is 3. The number of carbonyl (C=O) groups excluding carboxylic acids is 1. The quantitative estimate of drug-likeness (QED) is 0.766. The molecule has 0 spiro atoms. The van der Waals surface area contributed by atoms with Gasteiger partial charge in [-0.3, -0.25) is 9.69 Å². The van der Waals surface area contributed by atoms with Gasteiger partial charge in [0, 0.05) is 25.2 Å². The third-order valence-corrected chi connectivity index (χ3v) is 6.51. The first-order chi connectivity index (χ1) is 12.9. The highest BCUT2D eigenvalue weighted by Gasteiger charge is 2.46. The van der Waals surface area contributed by atoms with Crippen LogP contribution in [0.5, 0.6) is 11.5 Å². The minimum absolute atomic E-state index is 0. The molecule has 0 bridgehead atoms. The molecule has 0 aromatic heterocycles. The number of piperidine rings is 1. The molecule has 4 rings (SSSR count). The maximum absolute atomic E-state index is 14.0. The molecule has 6 nitrogen and oxygen atoms in total. The van der Waals surface area contributed by atoms with Crippen molar-refractivity contribution in [3.63, 3.8) is 0 Å². The van der Waals surface area contributed by atoms with E-state index >= 15 is 0 Å². The summed E-state index contributed by atoms with van der Waals surface area (Å²) in [6, 6.07) is 4.00. The topological polar surface area (TPSA) is 68.0 Å². The maximum Gasteiger partial charge on any atom is 0.228 e. The van der Waals surface area contributed by atoms with Crippen molar-refractivity contribution in [1.82, 2.24) is 9.80 Å². The lowest BCUT2D eigenvalue weighted by Crippen LogP contribution is -2.60. The third kappa shape index (κ3) is 4.02. The van der Waals surface area contributed by atoms with Crippen molar-refractivity contribution in [2.45, 2.75) is 44.1 Å². The zero-order valence-electron chi connectivity index (χ0n) is 17.0. The highest BCUT2D eigenvalue weighted by Crippen LogP contribution is 2.42. The molecule has 3 aliphatic heterocycles. The van der Waals surface area contributed by atoms with Crippen LogP contribution in [0.1, 0.15) is 30.5 Å². The van der Waals surface area contributed by atoms with Crippen LogP contribution in [-0.4, -0.2) is 67.8 Å². The summed E-state index contributed by atoms with van der Waals surface area (Å²) < 4.78 is 25.0. The Morgan fingerprint density at radius 3 is 2.38 bits per heavy atom. The molecule has 1 aromatic carbocycles. The zero-order valence-corrected chi connectivity index (χ0v) is 18.6. The van der Waals surface area contributed by atoms with E-state index in [1.54, 1.807) is 26.0 Å². The number of nitrogens with two attached hydrogens (primary N) is 1. The summed E-state index contributed by atoms with van der Waals surface area (Å²) in [5.74, 6) is 0.796. The largest absolute Gasteiger partial charge is 0.493 e. The van der Waals surface area contributed by atoms with Gasteiger partial charge in [0.15, 0.2) is 11.5 Å². The molecule has 3 heterocycles. The van der Waals surface area contributed by atoms with E-state index in [0.717, 1.165) is 30.9 Å². The second-order valence-corrected chi connectivity index (χ2v) is 7.93. The van der Waals surface area contributed by atoms with Gasteiger partial charge >= 0.3 is 0 Å². The fraction of sp³-hybridized carbons (Fsp3) is 0.650. The molecule has 2 N–H and O–H groups in total. The number of amides is 1. The van der Waals surface area contributed by atoms with Gasteiger partial charge in [-0.15, -0.1) is 24.8 Å². The van der Waals surface area contributed by atoms with E-state index in [1.807, 2.05) is 0 Å². The van der Waals surface area contributed by atoms with E-state index in [4.69, 9.17) is 15.2 Å². The van der Waals surface area contributed by atoms with E-state index in [2.05, 4.69) is 17.0 Å². The Balaban J connectivity index is 0.00000150. The molecule has 1 amide bonds. The van der Waals surface area contributed by atoms with Crippen LogP contribution < -0.4 is 15.2 Å². The number of alkyl halides is 1. The van der Waals surface area contributed by atoms with E-state index in [1.165, 1.54) is 11.1 Å². The van der Waals surface area contributed by atoms with Crippen molar-refractivity contribution >= 4 is 30.7 Å². The van der Waals surface area contributed by atoms with E-state index in [-0.39, 0.29) is 55.4 Å². The lowest BCUT2D eigenvalue weighted by atomic mass is 9.83. The van der Waals surface area contributed by atoms with Crippen LogP contribution in [0.25, 0.3) is 0 Å². The fourth-order valence-electron chi connectivity index (χ4n) is 4.85. The Labute approximate surface area is 183 Å². The summed E-state index contributed by atoms with van der Waals surface area (Å²) in [4.78, 5) is 16.5. The summed E-state index contributed by atoms with van der Waals surface area (Å²) >= 11 is 0. The van der Waals surface area contributed by atoms with E-state index in [9.17, 15) is 9.18 Å². The average Bonchev–Trinajstić information content (AvgIpc) is 2.93. The predicted octanol–water partition coefficient (Wildman–Crippen LogP) is 2.36. The smallest absolute Gasteiger partial charge is 0.228 e. The van der Waals surface area contributed by atoms with Crippen LogP contribution in [0.4, 0.5) is 4.39 Å². The third-order valence-electron chi connectivity index (χ3n) is 6.51. The van der Waals surface area contributed by atoms with Crippen LogP contribution >= 0.6 is 24.8 Å². The first kappa shape index (κ1) is 24.0. The van der Waals surface area contributed by atoms with Crippen molar-refractivity contribution < 1.29 is 18.7 Å². The Morgan fingerprint density at radius 1 is 1.14 bits per heavy atom. The first-order valence-electron chi connectivity index (χ1n) is 9.63. The molecule has 5 atom stereocenters. The number of carbonyl (C=O) groups is 1. The van der Waals surface area contributed by atoms with Gasteiger partial charge in [-0.1, -0.05) is 6.92 Å². The van der Waals surface area contributed by atoms with Crippen molar-refractivity contribution in [2.24, 2.45) is 11.7 Å². The number of methoxy groups -OCH3 is 2. The van der Waals surface area contributed by atoms with Gasteiger partial charge in [0.2, 0.25) is 5.91 Å². The van der Waals surface area contributed by atoms with Crippen molar-refractivity contribution in [1.29, 1.82) is 0 Å². The Kier molecular flexibility index (Phi) is 7.65. The van der Waals surface area contributed by atoms with Gasteiger partial charge in [0.25, 0.3) is 0 Å². The van der Waals surface area contributed by atoms with Crippen molar-refractivity contribution in [3.8, 4) is 11.5 Å². The Hall–Kier alpha value is -1.28. The number of benzene rings is 1. The van der Waals surface area contributed by atoms with Crippen LogP contribution in [0.2, 0.25) is 0 Å². The summed E-state index contributed by atoms with van der Waals surface area (Å²) in [5.41, 5.74) is 8.98. The van der Waals surface area contributed by atoms with Gasteiger partial charge in [-0.05, 0) is 36.1 Å². The maximum atomic E-state index is 14.0. The number of nitrogens with zero attached hydrogens (tertiary/aromatic N) is 2. The summed E-state index contributed by atoms with van der Waals surface area (Å²) in [6.07, 6.45) is 0.549. The number of rotatable bonds is 3. The Bertz CT molecular complexity index is 754. The molecular formula is C20H30Cl2FN3O3. The number of likely N-dealkylation sites (tertiary alicyclic amines) is 1. The van der Waals surface area contributed by atoms with Crippen LogP contribution in [0, 0.1) is 5.92 Å². The summed E-state index contributed by atoms with van der Waals surface area (Å²) in [6.45, 7) is 3.41. The number of halogens is 3. The molecule has 2 saturated heterocycles. The summed E-state index contributed by atoms with van der Waals surface area (Å²) in [7, 11) is 3.29. The van der Waals surface area contributed by atoms with Crippen LogP contribution in [0.15, 0.2) is 12.1 Å². The molecule has 0 aliphatic carbocycles. The van der Waals surface area contributed by atoms with Gasteiger partial charge in [0.05, 0.1) is 32.7 Å². The SMILES string of the molecule is COc1cc2c(cc1OC)[C@@H]1C[C@H](N)[C@@H](N3CC(F)[C@@H](C)C3=O)CN1CC2.Cl.Cl. The van der Waals surface area contributed by atoms with Crippen LogP contribution in [-0.2, 0) is 11.2 Å². The molecule has 0 saturated carbocycles. The van der Waals surface area contributed by atoms with E-state index in [0.29, 0.717) is 6.54 Å². The van der Waals surface area contributed by atoms with Gasteiger partial charge in [-0.2, -0.15) is 0 Å². The average molecular weight is 450 g/mol. The molecular weight excluding hydrogens is 420 g/mol. The number of hydrogen-bond acceptors (Lipinski definition) is 5. The molecule has 3 aliphatic rings. The highest BCUT2D eigenvalue weighted by molar-refractivity contribution is 5.85. The molecule has 29 heavy (non-hydrogen) atoms. The van der Waals surface area contributed by atoms with E-state index < -0.39 is 12.1 Å². The fourth-order valence-corrected chi connectivity index (χ4v) is 4.85. The second-order valence-electron chi connectivity index (χ2n) is 7.93. The van der Waals surface area contributed by atoms with Crippen LogP contribution in [0.3, 0.4) is 0 Å². The molecule has 1 aromatic rings. The molecule has 1 unspecified atom stereocenters.